The molecular formula is C8H7ClO3. The summed E-state index contributed by atoms with van der Waals surface area (Å²) in [5.41, 5.74) is 0.277. The maximum Gasteiger partial charge on any atom is 0.177 e. The number of hydrogen-bond acceptors (Lipinski definition) is 3. The highest BCUT2D eigenvalue weighted by molar-refractivity contribution is 6.32. The van der Waals surface area contributed by atoms with Crippen LogP contribution >= 0.6 is 11.6 Å². The highest BCUT2D eigenvalue weighted by Crippen LogP contribution is 2.35. The standard InChI is InChI=1S/C8H7ClO3/c1-12-8-5(4-10)2-3-6(9)7(8)11/h2-4,11H,1H3. The normalized spacial score (nSPS) is 9.50. The van der Waals surface area contributed by atoms with Crippen molar-refractivity contribution in [2.24, 2.45) is 0 Å². The summed E-state index contributed by atoms with van der Waals surface area (Å²) in [6.45, 7) is 0. The van der Waals surface area contributed by atoms with Gasteiger partial charge in [-0.2, -0.15) is 0 Å². The predicted molar refractivity (Wildman–Crippen MR) is 45.1 cm³/mol. The van der Waals surface area contributed by atoms with Crippen molar-refractivity contribution in [3.8, 4) is 11.5 Å². The molecule has 12 heavy (non-hydrogen) atoms. The molecule has 0 amide bonds. The van der Waals surface area contributed by atoms with Crippen LogP contribution in [0.2, 0.25) is 5.02 Å². The van der Waals surface area contributed by atoms with Crippen molar-refractivity contribution >= 4 is 17.9 Å². The minimum absolute atomic E-state index is 0.109. The molecule has 0 fully saturated rings. The molecule has 0 heterocycles. The summed E-state index contributed by atoms with van der Waals surface area (Å²) in [6.07, 6.45) is 0.592. The number of phenols is 1. The van der Waals surface area contributed by atoms with E-state index in [1.165, 1.54) is 19.2 Å². The zero-order valence-electron chi connectivity index (χ0n) is 6.37. The lowest BCUT2D eigenvalue weighted by atomic mass is 10.2. The van der Waals surface area contributed by atoms with Gasteiger partial charge in [-0.15, -0.1) is 0 Å². The summed E-state index contributed by atoms with van der Waals surface area (Å²) in [6, 6.07) is 2.91. The number of phenolic OH excluding ortho intramolecular Hbond substituents is 1. The number of aromatic hydroxyl groups is 1. The number of aldehydes is 1. The summed E-state index contributed by atoms with van der Waals surface area (Å²) < 4.78 is 4.78. The Morgan fingerprint density at radius 2 is 2.25 bits per heavy atom. The van der Waals surface area contributed by atoms with Gasteiger partial charge in [0, 0.05) is 0 Å². The fourth-order valence-electron chi connectivity index (χ4n) is 0.870. The third kappa shape index (κ3) is 1.36. The number of carbonyl (C=O) groups excluding carboxylic acids is 1. The predicted octanol–water partition coefficient (Wildman–Crippen LogP) is 1.87. The number of halogens is 1. The van der Waals surface area contributed by atoms with Gasteiger partial charge in [-0.05, 0) is 12.1 Å². The van der Waals surface area contributed by atoms with Gasteiger partial charge in [0.15, 0.2) is 17.8 Å². The fourth-order valence-corrected chi connectivity index (χ4v) is 1.02. The molecular weight excluding hydrogens is 180 g/mol. The Labute approximate surface area is 74.5 Å². The molecule has 0 saturated carbocycles. The summed E-state index contributed by atoms with van der Waals surface area (Å²) in [5.74, 6) is -0.0960. The van der Waals surface area contributed by atoms with E-state index < -0.39 is 0 Å². The molecule has 3 nitrogen and oxygen atoms in total. The van der Waals surface area contributed by atoms with Crippen LogP contribution in [-0.4, -0.2) is 18.5 Å². The van der Waals surface area contributed by atoms with Crippen LogP contribution in [0.3, 0.4) is 0 Å². The Hall–Kier alpha value is -1.22. The number of ether oxygens (including phenoxy) is 1. The van der Waals surface area contributed by atoms with Crippen LogP contribution in [-0.2, 0) is 0 Å². The SMILES string of the molecule is COc1c(C=O)ccc(Cl)c1O. The Balaban J connectivity index is 3.35. The van der Waals surface area contributed by atoms with Crippen molar-refractivity contribution in [2.45, 2.75) is 0 Å². The van der Waals surface area contributed by atoms with E-state index >= 15 is 0 Å². The Morgan fingerprint density at radius 3 is 2.75 bits per heavy atom. The molecule has 0 bridgehead atoms. The third-order valence-corrected chi connectivity index (χ3v) is 1.75. The van der Waals surface area contributed by atoms with Gasteiger partial charge in [-0.3, -0.25) is 4.79 Å². The molecule has 64 valence electrons. The van der Waals surface area contributed by atoms with Crippen LogP contribution in [0.15, 0.2) is 12.1 Å². The Morgan fingerprint density at radius 1 is 1.58 bits per heavy atom. The van der Waals surface area contributed by atoms with E-state index in [0.29, 0.717) is 6.29 Å². The second-order valence-corrected chi connectivity index (χ2v) is 2.54. The zero-order valence-corrected chi connectivity index (χ0v) is 7.13. The number of hydrogen-bond donors (Lipinski definition) is 1. The first-order valence-corrected chi connectivity index (χ1v) is 3.59. The first-order valence-electron chi connectivity index (χ1n) is 3.21. The van der Waals surface area contributed by atoms with Crippen LogP contribution in [0, 0.1) is 0 Å². The van der Waals surface area contributed by atoms with E-state index in [0.717, 1.165) is 0 Å². The average molecular weight is 187 g/mol. The molecule has 1 N–H and O–H groups in total. The van der Waals surface area contributed by atoms with Crippen LogP contribution < -0.4 is 4.74 Å². The summed E-state index contributed by atoms with van der Waals surface area (Å²) in [4.78, 5) is 10.4. The largest absolute Gasteiger partial charge is 0.503 e. The number of methoxy groups -OCH3 is 1. The van der Waals surface area contributed by atoms with E-state index in [1.807, 2.05) is 0 Å². The lowest BCUT2D eigenvalue weighted by Crippen LogP contribution is -1.90. The van der Waals surface area contributed by atoms with Crippen molar-refractivity contribution in [3.05, 3.63) is 22.7 Å². The molecule has 0 aliphatic carbocycles. The maximum atomic E-state index is 10.4. The minimum Gasteiger partial charge on any atom is -0.503 e. The molecule has 4 heteroatoms. The van der Waals surface area contributed by atoms with Crippen molar-refractivity contribution in [3.63, 3.8) is 0 Å². The number of rotatable bonds is 2. The summed E-state index contributed by atoms with van der Waals surface area (Å²) in [7, 11) is 1.36. The van der Waals surface area contributed by atoms with E-state index in [4.69, 9.17) is 16.3 Å². The second kappa shape index (κ2) is 3.45. The first kappa shape index (κ1) is 8.87. The maximum absolute atomic E-state index is 10.4. The van der Waals surface area contributed by atoms with E-state index in [2.05, 4.69) is 0 Å². The van der Waals surface area contributed by atoms with E-state index in [9.17, 15) is 9.90 Å². The molecule has 0 unspecified atom stereocenters. The Kier molecular flexibility index (Phi) is 2.55. The third-order valence-electron chi connectivity index (χ3n) is 1.44. The molecule has 0 radical (unpaired) electrons. The van der Waals surface area contributed by atoms with Gasteiger partial charge in [0.1, 0.15) is 0 Å². The molecule has 1 aromatic rings. The molecule has 1 rings (SSSR count). The highest BCUT2D eigenvalue weighted by atomic mass is 35.5. The quantitative estimate of drug-likeness (QED) is 0.718. The molecule has 0 aliphatic rings. The van der Waals surface area contributed by atoms with Crippen molar-refractivity contribution in [1.29, 1.82) is 0 Å². The summed E-state index contributed by atoms with van der Waals surface area (Å²) >= 11 is 5.58. The lowest BCUT2D eigenvalue weighted by molar-refractivity contribution is 0.112. The van der Waals surface area contributed by atoms with Gasteiger partial charge in [-0.25, -0.2) is 0 Å². The van der Waals surface area contributed by atoms with E-state index in [-0.39, 0.29) is 22.1 Å². The van der Waals surface area contributed by atoms with Crippen molar-refractivity contribution < 1.29 is 14.6 Å². The number of carbonyl (C=O) groups is 1. The molecule has 0 saturated heterocycles. The van der Waals surface area contributed by atoms with Gasteiger partial charge in [0.05, 0.1) is 17.7 Å². The Bertz CT molecular complexity index is 309. The molecule has 0 spiro atoms. The van der Waals surface area contributed by atoms with Crippen molar-refractivity contribution in [2.75, 3.05) is 7.11 Å². The first-order chi connectivity index (χ1) is 5.70. The zero-order chi connectivity index (χ0) is 9.14. The van der Waals surface area contributed by atoms with Gasteiger partial charge in [0.2, 0.25) is 0 Å². The van der Waals surface area contributed by atoms with E-state index in [1.54, 1.807) is 0 Å². The van der Waals surface area contributed by atoms with Crippen molar-refractivity contribution in [1.82, 2.24) is 0 Å². The van der Waals surface area contributed by atoms with Gasteiger partial charge in [-0.1, -0.05) is 11.6 Å². The van der Waals surface area contributed by atoms with Crippen LogP contribution in [0.1, 0.15) is 10.4 Å². The average Bonchev–Trinajstić information content (AvgIpc) is 2.09. The van der Waals surface area contributed by atoms with Crippen LogP contribution in [0.4, 0.5) is 0 Å². The second-order valence-electron chi connectivity index (χ2n) is 2.14. The van der Waals surface area contributed by atoms with Crippen LogP contribution in [0.5, 0.6) is 11.5 Å². The molecule has 0 aromatic heterocycles. The summed E-state index contributed by atoms with van der Waals surface area (Å²) in [5, 5.41) is 9.46. The monoisotopic (exact) mass is 186 g/mol. The molecule has 1 aromatic carbocycles. The van der Waals surface area contributed by atoms with Gasteiger partial charge in [0.25, 0.3) is 0 Å². The smallest absolute Gasteiger partial charge is 0.177 e. The highest BCUT2D eigenvalue weighted by Gasteiger charge is 2.10. The number of benzene rings is 1. The fraction of sp³-hybridized carbons (Fsp3) is 0.125. The van der Waals surface area contributed by atoms with Gasteiger partial charge < -0.3 is 9.84 Å². The molecule has 0 aliphatic heterocycles. The topological polar surface area (TPSA) is 46.5 Å². The minimum atomic E-state index is -0.205. The lowest BCUT2D eigenvalue weighted by Gasteiger charge is -2.06. The molecule has 0 atom stereocenters. The van der Waals surface area contributed by atoms with Gasteiger partial charge >= 0.3 is 0 Å². The van der Waals surface area contributed by atoms with Crippen LogP contribution in [0.25, 0.3) is 0 Å².